The van der Waals surface area contributed by atoms with E-state index < -0.39 is 0 Å². The van der Waals surface area contributed by atoms with E-state index in [0.717, 1.165) is 12.1 Å². The van der Waals surface area contributed by atoms with Crippen LogP contribution < -0.4 is 5.32 Å². The summed E-state index contributed by atoms with van der Waals surface area (Å²) in [5.41, 5.74) is 0.944. The number of carbonyl (C=O) groups excluding carboxylic acids is 1. The van der Waals surface area contributed by atoms with Gasteiger partial charge in [0.15, 0.2) is 5.82 Å². The van der Waals surface area contributed by atoms with Crippen LogP contribution in [0, 0.1) is 5.92 Å². The lowest BCUT2D eigenvalue weighted by Crippen LogP contribution is -2.12. The second kappa shape index (κ2) is 5.88. The van der Waals surface area contributed by atoms with Crippen molar-refractivity contribution in [3.8, 4) is 10.6 Å². The van der Waals surface area contributed by atoms with E-state index in [2.05, 4.69) is 25.7 Å². The van der Waals surface area contributed by atoms with E-state index in [9.17, 15) is 4.79 Å². The minimum absolute atomic E-state index is 0.306. The molecule has 7 nitrogen and oxygen atoms in total. The van der Waals surface area contributed by atoms with Gasteiger partial charge in [-0.3, -0.25) is 4.79 Å². The third-order valence-corrected chi connectivity index (χ3v) is 4.51. The Bertz CT molecular complexity index is 823. The summed E-state index contributed by atoms with van der Waals surface area (Å²) in [6.45, 7) is 0.812. The van der Waals surface area contributed by atoms with Gasteiger partial charge in [-0.1, -0.05) is 41.7 Å². The highest BCUT2D eigenvalue weighted by molar-refractivity contribution is 7.16. The van der Waals surface area contributed by atoms with Crippen LogP contribution in [0.25, 0.3) is 10.6 Å². The van der Waals surface area contributed by atoms with E-state index in [1.54, 1.807) is 11.0 Å². The molecule has 4 rings (SSSR count). The van der Waals surface area contributed by atoms with E-state index in [0.29, 0.717) is 21.8 Å². The molecule has 2 heterocycles. The molecule has 1 saturated carbocycles. The molecule has 1 fully saturated rings. The summed E-state index contributed by atoms with van der Waals surface area (Å²) in [4.78, 5) is 13.9. The van der Waals surface area contributed by atoms with Gasteiger partial charge in [-0.25, -0.2) is 0 Å². The molecular weight excluding hydrogens is 312 g/mol. The third-order valence-electron chi connectivity index (χ3n) is 3.54. The number of benzene rings is 1. The second-order valence-corrected chi connectivity index (χ2v) is 6.44. The van der Waals surface area contributed by atoms with Gasteiger partial charge in [0.1, 0.15) is 5.01 Å². The zero-order valence-corrected chi connectivity index (χ0v) is 13.0. The molecule has 1 aliphatic rings. The molecule has 0 spiro atoms. The summed E-state index contributed by atoms with van der Waals surface area (Å²) in [5, 5.41) is 20.2. The Labute approximate surface area is 136 Å². The van der Waals surface area contributed by atoms with Crippen molar-refractivity contribution < 1.29 is 4.79 Å². The Morgan fingerprint density at radius 1 is 1.26 bits per heavy atom. The molecule has 0 aliphatic heterocycles. The first kappa shape index (κ1) is 14.0. The lowest BCUT2D eigenvalue weighted by molar-refractivity contribution is 0.102. The van der Waals surface area contributed by atoms with Gasteiger partial charge in [0.05, 0.1) is 12.7 Å². The monoisotopic (exact) mass is 326 g/mol. The van der Waals surface area contributed by atoms with Crippen molar-refractivity contribution in [2.45, 2.75) is 19.4 Å². The van der Waals surface area contributed by atoms with E-state index in [1.807, 2.05) is 30.3 Å². The van der Waals surface area contributed by atoms with Crippen molar-refractivity contribution in [3.05, 3.63) is 41.5 Å². The van der Waals surface area contributed by atoms with Gasteiger partial charge in [0.2, 0.25) is 5.01 Å². The first-order valence-electron chi connectivity index (χ1n) is 7.38. The van der Waals surface area contributed by atoms with E-state index in [1.165, 1.54) is 24.2 Å². The van der Waals surface area contributed by atoms with Crippen molar-refractivity contribution in [1.29, 1.82) is 0 Å². The normalized spacial score (nSPS) is 13.9. The van der Waals surface area contributed by atoms with Crippen molar-refractivity contribution in [1.82, 2.24) is 25.2 Å². The summed E-state index contributed by atoms with van der Waals surface area (Å²) in [7, 11) is 0. The number of hydrogen-bond donors (Lipinski definition) is 1. The average molecular weight is 326 g/mol. The standard InChI is InChI=1S/C15H14N6OS/c22-13(17-12-8-16-21(20-12)9-10-6-7-10)15-19-18-14(23-15)11-4-2-1-3-5-11/h1-5,8,10H,6-7,9H2,(H,17,20,22). The number of amides is 1. The van der Waals surface area contributed by atoms with E-state index in [4.69, 9.17) is 0 Å². The quantitative estimate of drug-likeness (QED) is 0.778. The molecular formula is C15H14N6OS. The van der Waals surface area contributed by atoms with Crippen LogP contribution in [-0.4, -0.2) is 31.1 Å². The van der Waals surface area contributed by atoms with Crippen molar-refractivity contribution in [2.24, 2.45) is 5.92 Å². The van der Waals surface area contributed by atoms with Gasteiger partial charge in [-0.2, -0.15) is 9.90 Å². The molecule has 0 atom stereocenters. The summed E-state index contributed by atoms with van der Waals surface area (Å²) >= 11 is 1.25. The van der Waals surface area contributed by atoms with Crippen LogP contribution in [-0.2, 0) is 6.54 Å². The first-order chi connectivity index (χ1) is 11.3. The Balaban J connectivity index is 1.44. The Hall–Kier alpha value is -2.61. The Morgan fingerprint density at radius 3 is 2.87 bits per heavy atom. The summed E-state index contributed by atoms with van der Waals surface area (Å²) < 4.78 is 0. The number of rotatable bonds is 5. The van der Waals surface area contributed by atoms with Crippen LogP contribution in [0.2, 0.25) is 0 Å². The third kappa shape index (κ3) is 3.26. The van der Waals surface area contributed by atoms with Gasteiger partial charge in [0, 0.05) is 5.56 Å². The van der Waals surface area contributed by atoms with Gasteiger partial charge in [-0.15, -0.1) is 15.3 Å². The molecule has 1 aliphatic carbocycles. The molecule has 1 aromatic carbocycles. The van der Waals surface area contributed by atoms with Gasteiger partial charge in [-0.05, 0) is 18.8 Å². The number of carbonyl (C=O) groups is 1. The fourth-order valence-corrected chi connectivity index (χ4v) is 2.90. The predicted molar refractivity (Wildman–Crippen MR) is 86.0 cm³/mol. The number of nitrogens with zero attached hydrogens (tertiary/aromatic N) is 5. The fraction of sp³-hybridized carbons (Fsp3) is 0.267. The highest BCUT2D eigenvalue weighted by Gasteiger charge is 2.23. The number of hydrogen-bond acceptors (Lipinski definition) is 6. The summed E-state index contributed by atoms with van der Waals surface area (Å²) in [6.07, 6.45) is 4.02. The highest BCUT2D eigenvalue weighted by Crippen LogP contribution is 2.30. The maximum absolute atomic E-state index is 12.2. The van der Waals surface area contributed by atoms with Crippen LogP contribution >= 0.6 is 11.3 Å². The molecule has 1 amide bonds. The van der Waals surface area contributed by atoms with Crippen molar-refractivity contribution >= 4 is 23.1 Å². The maximum Gasteiger partial charge on any atom is 0.287 e. The zero-order valence-electron chi connectivity index (χ0n) is 12.2. The molecule has 1 N–H and O–H groups in total. The SMILES string of the molecule is O=C(Nc1cnn(CC2CC2)n1)c1nnc(-c2ccccc2)s1. The first-order valence-corrected chi connectivity index (χ1v) is 8.20. The second-order valence-electron chi connectivity index (χ2n) is 5.46. The zero-order chi connectivity index (χ0) is 15.6. The Kier molecular flexibility index (Phi) is 3.58. The average Bonchev–Trinajstić information content (AvgIpc) is 3.07. The van der Waals surface area contributed by atoms with Crippen LogP contribution in [0.3, 0.4) is 0 Å². The molecule has 3 aromatic rings. The van der Waals surface area contributed by atoms with Crippen molar-refractivity contribution in [3.63, 3.8) is 0 Å². The Morgan fingerprint density at radius 2 is 2.09 bits per heavy atom. The van der Waals surface area contributed by atoms with E-state index in [-0.39, 0.29) is 5.91 Å². The number of aromatic nitrogens is 5. The molecule has 2 aromatic heterocycles. The van der Waals surface area contributed by atoms with Crippen LogP contribution in [0.15, 0.2) is 36.5 Å². The van der Waals surface area contributed by atoms with Gasteiger partial charge in [0.25, 0.3) is 5.91 Å². The van der Waals surface area contributed by atoms with Crippen LogP contribution in [0.4, 0.5) is 5.82 Å². The molecule has 23 heavy (non-hydrogen) atoms. The predicted octanol–water partition coefficient (Wildman–Crippen LogP) is 2.46. The molecule has 0 bridgehead atoms. The lowest BCUT2D eigenvalue weighted by atomic mass is 10.2. The minimum Gasteiger partial charge on any atom is -0.302 e. The van der Waals surface area contributed by atoms with E-state index >= 15 is 0 Å². The van der Waals surface area contributed by atoms with Crippen LogP contribution in [0.5, 0.6) is 0 Å². The van der Waals surface area contributed by atoms with Gasteiger partial charge < -0.3 is 5.32 Å². The topological polar surface area (TPSA) is 85.6 Å². The molecule has 8 heteroatoms. The lowest BCUT2D eigenvalue weighted by Gasteiger charge is -1.97. The largest absolute Gasteiger partial charge is 0.302 e. The van der Waals surface area contributed by atoms with Crippen molar-refractivity contribution in [2.75, 3.05) is 5.32 Å². The molecule has 0 radical (unpaired) electrons. The highest BCUT2D eigenvalue weighted by atomic mass is 32.1. The minimum atomic E-state index is -0.317. The fourth-order valence-electron chi connectivity index (χ4n) is 2.16. The maximum atomic E-state index is 12.2. The summed E-state index contributed by atoms with van der Waals surface area (Å²) in [5.74, 6) is 0.804. The molecule has 116 valence electrons. The number of anilines is 1. The van der Waals surface area contributed by atoms with Crippen LogP contribution in [0.1, 0.15) is 22.6 Å². The van der Waals surface area contributed by atoms with Gasteiger partial charge >= 0.3 is 0 Å². The summed E-state index contributed by atoms with van der Waals surface area (Å²) in [6, 6.07) is 9.66. The number of nitrogens with one attached hydrogen (secondary N) is 1. The molecule has 0 unspecified atom stereocenters. The smallest absolute Gasteiger partial charge is 0.287 e. The molecule has 0 saturated heterocycles.